The first-order valence-electron chi connectivity index (χ1n) is 4.63. The van der Waals surface area contributed by atoms with Crippen molar-refractivity contribution in [2.45, 2.75) is 9.79 Å². The summed E-state index contributed by atoms with van der Waals surface area (Å²) in [5, 5.41) is 0.794. The van der Waals surface area contributed by atoms with E-state index >= 15 is 0 Å². The highest BCUT2D eigenvalue weighted by molar-refractivity contribution is 14.1. The summed E-state index contributed by atoms with van der Waals surface area (Å²) >= 11 is 9.90. The van der Waals surface area contributed by atoms with Crippen molar-refractivity contribution < 1.29 is 0 Å². The maximum Gasteiger partial charge on any atom is 0.0540 e. The molecule has 0 fully saturated rings. The van der Waals surface area contributed by atoms with Gasteiger partial charge in [0, 0.05) is 19.0 Å². The summed E-state index contributed by atoms with van der Waals surface area (Å²) in [6.45, 7) is 0. The Morgan fingerprint density at radius 2 is 1.62 bits per heavy atom. The van der Waals surface area contributed by atoms with Crippen molar-refractivity contribution in [1.82, 2.24) is 0 Å². The molecule has 0 aliphatic heterocycles. The summed E-state index contributed by atoms with van der Waals surface area (Å²) in [6.07, 6.45) is 0. The van der Waals surface area contributed by atoms with Crippen molar-refractivity contribution in [2.24, 2.45) is 0 Å². The number of nitrogens with two attached hydrogens (primary N) is 1. The zero-order valence-electron chi connectivity index (χ0n) is 8.28. The summed E-state index contributed by atoms with van der Waals surface area (Å²) in [7, 11) is 0. The summed E-state index contributed by atoms with van der Waals surface area (Å²) in [4.78, 5) is 2.35. The van der Waals surface area contributed by atoms with Crippen LogP contribution in [0.4, 0.5) is 5.69 Å². The van der Waals surface area contributed by atoms with E-state index in [1.54, 1.807) is 11.8 Å². The van der Waals surface area contributed by atoms with Gasteiger partial charge in [-0.1, -0.05) is 23.4 Å². The average Bonchev–Trinajstić information content (AvgIpc) is 2.27. The molecule has 0 aromatic heterocycles. The minimum Gasteiger partial charge on any atom is -0.399 e. The normalized spacial score (nSPS) is 10.4. The fourth-order valence-corrected chi connectivity index (χ4v) is 2.91. The molecule has 2 rings (SSSR count). The average molecular weight is 362 g/mol. The molecule has 82 valence electrons. The van der Waals surface area contributed by atoms with Crippen molar-refractivity contribution in [2.75, 3.05) is 5.73 Å². The number of hydrogen-bond acceptors (Lipinski definition) is 2. The number of benzene rings is 2. The van der Waals surface area contributed by atoms with E-state index in [1.165, 1.54) is 9.79 Å². The van der Waals surface area contributed by atoms with E-state index in [2.05, 4.69) is 28.7 Å². The topological polar surface area (TPSA) is 26.0 Å². The summed E-state index contributed by atoms with van der Waals surface area (Å²) in [6, 6.07) is 13.9. The third-order valence-electron chi connectivity index (χ3n) is 2.01. The molecule has 2 N–H and O–H groups in total. The van der Waals surface area contributed by atoms with Crippen molar-refractivity contribution >= 4 is 51.6 Å². The van der Waals surface area contributed by atoms with Gasteiger partial charge in [-0.3, -0.25) is 0 Å². The van der Waals surface area contributed by atoms with E-state index in [4.69, 9.17) is 17.3 Å². The van der Waals surface area contributed by atoms with Gasteiger partial charge in [0.05, 0.1) is 5.02 Å². The molecular formula is C12H9ClINS. The Morgan fingerprint density at radius 1 is 1.00 bits per heavy atom. The minimum atomic E-state index is 0.787. The van der Waals surface area contributed by atoms with Crippen LogP contribution in [0.15, 0.2) is 52.3 Å². The molecule has 1 nitrogen and oxygen atoms in total. The Morgan fingerprint density at radius 3 is 2.25 bits per heavy atom. The molecule has 0 saturated carbocycles. The minimum absolute atomic E-state index is 0.787. The van der Waals surface area contributed by atoms with Gasteiger partial charge in [0.25, 0.3) is 0 Å². The van der Waals surface area contributed by atoms with Gasteiger partial charge in [0.15, 0.2) is 0 Å². The Balaban J connectivity index is 2.20. The first kappa shape index (κ1) is 12.1. The quantitative estimate of drug-likeness (QED) is 0.621. The van der Waals surface area contributed by atoms with Gasteiger partial charge >= 0.3 is 0 Å². The van der Waals surface area contributed by atoms with Crippen LogP contribution in [0.2, 0.25) is 5.02 Å². The van der Waals surface area contributed by atoms with Gasteiger partial charge in [0.1, 0.15) is 0 Å². The Bertz CT molecular complexity index is 499. The van der Waals surface area contributed by atoms with Gasteiger partial charge < -0.3 is 5.73 Å². The summed E-state index contributed by atoms with van der Waals surface area (Å²) in [5.74, 6) is 0. The summed E-state index contributed by atoms with van der Waals surface area (Å²) < 4.78 is 1.07. The molecular weight excluding hydrogens is 353 g/mol. The molecule has 4 heteroatoms. The van der Waals surface area contributed by atoms with E-state index < -0.39 is 0 Å². The van der Waals surface area contributed by atoms with Crippen LogP contribution in [-0.2, 0) is 0 Å². The van der Waals surface area contributed by atoms with Crippen molar-refractivity contribution in [3.05, 3.63) is 51.1 Å². The highest BCUT2D eigenvalue weighted by Gasteiger charge is 2.01. The SMILES string of the molecule is Nc1ccc(Sc2ccc(Cl)c(I)c2)cc1. The fourth-order valence-electron chi connectivity index (χ4n) is 1.21. The molecule has 0 bridgehead atoms. The van der Waals surface area contributed by atoms with Crippen molar-refractivity contribution in [3.63, 3.8) is 0 Å². The second kappa shape index (κ2) is 5.29. The van der Waals surface area contributed by atoms with Crippen LogP contribution in [0.25, 0.3) is 0 Å². The monoisotopic (exact) mass is 361 g/mol. The number of anilines is 1. The van der Waals surface area contributed by atoms with E-state index in [9.17, 15) is 0 Å². The van der Waals surface area contributed by atoms with Gasteiger partial charge in [-0.15, -0.1) is 0 Å². The number of halogens is 2. The molecule has 0 atom stereocenters. The molecule has 0 saturated heterocycles. The maximum absolute atomic E-state index is 5.97. The lowest BCUT2D eigenvalue weighted by Crippen LogP contribution is -1.82. The predicted molar refractivity (Wildman–Crippen MR) is 79.1 cm³/mol. The third-order valence-corrected chi connectivity index (χ3v) is 4.55. The number of hydrogen-bond donors (Lipinski definition) is 1. The Hall–Kier alpha value is -0.390. The molecule has 0 aliphatic carbocycles. The molecule has 0 spiro atoms. The molecule has 2 aromatic carbocycles. The fraction of sp³-hybridized carbons (Fsp3) is 0. The number of nitrogen functional groups attached to an aromatic ring is 1. The third kappa shape index (κ3) is 3.06. The molecule has 16 heavy (non-hydrogen) atoms. The Kier molecular flexibility index (Phi) is 4.00. The summed E-state index contributed by atoms with van der Waals surface area (Å²) in [5.41, 5.74) is 6.42. The molecule has 0 aliphatic rings. The molecule has 2 aromatic rings. The van der Waals surface area contributed by atoms with E-state index in [1.807, 2.05) is 36.4 Å². The standard InChI is InChI=1S/C12H9ClINS/c13-11-6-5-10(7-12(11)14)16-9-3-1-8(15)2-4-9/h1-7H,15H2. The van der Waals surface area contributed by atoms with Crippen LogP contribution in [0.5, 0.6) is 0 Å². The zero-order valence-corrected chi connectivity index (χ0v) is 12.0. The lowest BCUT2D eigenvalue weighted by molar-refractivity contribution is 1.39. The molecule has 0 radical (unpaired) electrons. The largest absolute Gasteiger partial charge is 0.399 e. The predicted octanol–water partition coefficient (Wildman–Crippen LogP) is 4.68. The zero-order chi connectivity index (χ0) is 11.5. The van der Waals surface area contributed by atoms with Gasteiger partial charge in [-0.2, -0.15) is 0 Å². The van der Waals surface area contributed by atoms with E-state index in [0.717, 1.165) is 14.3 Å². The van der Waals surface area contributed by atoms with Crippen LogP contribution in [0.3, 0.4) is 0 Å². The van der Waals surface area contributed by atoms with Crippen LogP contribution in [0, 0.1) is 3.57 Å². The second-order valence-corrected chi connectivity index (χ2v) is 5.96. The van der Waals surface area contributed by atoms with Crippen molar-refractivity contribution in [1.29, 1.82) is 0 Å². The van der Waals surface area contributed by atoms with E-state index in [-0.39, 0.29) is 0 Å². The van der Waals surface area contributed by atoms with Crippen LogP contribution in [-0.4, -0.2) is 0 Å². The van der Waals surface area contributed by atoms with Gasteiger partial charge in [-0.25, -0.2) is 0 Å². The lowest BCUT2D eigenvalue weighted by atomic mass is 10.3. The van der Waals surface area contributed by atoms with Gasteiger partial charge in [-0.05, 0) is 65.1 Å². The van der Waals surface area contributed by atoms with Crippen molar-refractivity contribution in [3.8, 4) is 0 Å². The molecule has 0 amide bonds. The maximum atomic E-state index is 5.97. The highest BCUT2D eigenvalue weighted by atomic mass is 127. The number of rotatable bonds is 2. The highest BCUT2D eigenvalue weighted by Crippen LogP contribution is 2.31. The first-order chi connectivity index (χ1) is 7.65. The van der Waals surface area contributed by atoms with Crippen LogP contribution >= 0.6 is 46.0 Å². The smallest absolute Gasteiger partial charge is 0.0540 e. The van der Waals surface area contributed by atoms with Crippen LogP contribution < -0.4 is 5.73 Å². The van der Waals surface area contributed by atoms with Crippen LogP contribution in [0.1, 0.15) is 0 Å². The Labute approximate surface area is 118 Å². The van der Waals surface area contributed by atoms with Gasteiger partial charge in [0.2, 0.25) is 0 Å². The molecule has 0 heterocycles. The lowest BCUT2D eigenvalue weighted by Gasteiger charge is -2.03. The molecule has 0 unspecified atom stereocenters. The second-order valence-electron chi connectivity index (χ2n) is 3.25. The first-order valence-corrected chi connectivity index (χ1v) is 6.91. The van der Waals surface area contributed by atoms with E-state index in [0.29, 0.717) is 0 Å².